The van der Waals surface area contributed by atoms with Crippen molar-refractivity contribution in [2.45, 2.75) is 31.9 Å². The lowest BCUT2D eigenvalue weighted by Crippen LogP contribution is -2.48. The number of carbonyl (C=O) groups excluding carboxylic acids is 1. The van der Waals surface area contributed by atoms with Gasteiger partial charge in [0.15, 0.2) is 0 Å². The summed E-state index contributed by atoms with van der Waals surface area (Å²) in [6.07, 6.45) is 4.55. The van der Waals surface area contributed by atoms with Crippen molar-refractivity contribution in [3.8, 4) is 11.5 Å². The van der Waals surface area contributed by atoms with E-state index < -0.39 is 0 Å². The number of carbonyl (C=O) groups is 1. The highest BCUT2D eigenvalue weighted by molar-refractivity contribution is 5.97. The molecule has 1 fully saturated rings. The second-order valence-electron chi connectivity index (χ2n) is 7.27. The van der Waals surface area contributed by atoms with E-state index in [0.717, 1.165) is 43.0 Å². The van der Waals surface area contributed by atoms with E-state index in [1.165, 1.54) is 0 Å². The molecule has 8 nitrogen and oxygen atoms in total. The summed E-state index contributed by atoms with van der Waals surface area (Å²) >= 11 is 0. The molecule has 2 aromatic rings. The van der Waals surface area contributed by atoms with Crippen LogP contribution in [0.3, 0.4) is 0 Å². The van der Waals surface area contributed by atoms with Crippen LogP contribution in [-0.4, -0.2) is 55.8 Å². The van der Waals surface area contributed by atoms with Crippen LogP contribution >= 0.6 is 0 Å². The first-order valence-corrected chi connectivity index (χ1v) is 9.88. The molecule has 1 saturated heterocycles. The molecule has 29 heavy (non-hydrogen) atoms. The molecule has 2 aliphatic rings. The quantitative estimate of drug-likeness (QED) is 0.824. The number of piperidine rings is 1. The van der Waals surface area contributed by atoms with Crippen molar-refractivity contribution < 1.29 is 19.0 Å². The SMILES string of the molecule is COc1ccc(OC)c(C(=O)N[C@@H]2CCCN(c3ncc4c(n3)CCOC4)C2)c1. The van der Waals surface area contributed by atoms with Crippen molar-refractivity contribution in [2.75, 3.05) is 38.8 Å². The summed E-state index contributed by atoms with van der Waals surface area (Å²) in [5.41, 5.74) is 2.59. The van der Waals surface area contributed by atoms with Gasteiger partial charge in [0.2, 0.25) is 5.95 Å². The summed E-state index contributed by atoms with van der Waals surface area (Å²) in [6, 6.07) is 5.22. The zero-order valence-electron chi connectivity index (χ0n) is 16.8. The van der Waals surface area contributed by atoms with Crippen LogP contribution in [-0.2, 0) is 17.8 Å². The van der Waals surface area contributed by atoms with E-state index in [2.05, 4.69) is 15.2 Å². The van der Waals surface area contributed by atoms with Gasteiger partial charge >= 0.3 is 0 Å². The molecule has 1 atom stereocenters. The van der Waals surface area contributed by atoms with E-state index in [9.17, 15) is 4.79 Å². The van der Waals surface area contributed by atoms with Crippen molar-refractivity contribution in [3.05, 3.63) is 41.2 Å². The summed E-state index contributed by atoms with van der Waals surface area (Å²) in [5, 5.41) is 3.13. The van der Waals surface area contributed by atoms with Gasteiger partial charge in [-0.2, -0.15) is 0 Å². The first-order chi connectivity index (χ1) is 14.2. The third kappa shape index (κ3) is 4.27. The molecule has 0 spiro atoms. The van der Waals surface area contributed by atoms with Crippen LogP contribution < -0.4 is 19.7 Å². The molecule has 1 aromatic carbocycles. The van der Waals surface area contributed by atoms with Gasteiger partial charge in [-0.25, -0.2) is 9.97 Å². The predicted molar refractivity (Wildman–Crippen MR) is 108 cm³/mol. The van der Waals surface area contributed by atoms with E-state index in [4.69, 9.17) is 19.2 Å². The molecule has 0 bridgehead atoms. The molecule has 0 radical (unpaired) electrons. The number of amides is 1. The number of benzene rings is 1. The minimum absolute atomic E-state index is 0.00937. The summed E-state index contributed by atoms with van der Waals surface area (Å²) < 4.78 is 16.0. The molecular weight excluding hydrogens is 372 g/mol. The number of methoxy groups -OCH3 is 2. The average Bonchev–Trinajstić information content (AvgIpc) is 2.78. The number of rotatable bonds is 5. The topological polar surface area (TPSA) is 85.8 Å². The Labute approximate surface area is 170 Å². The Hall–Kier alpha value is -2.87. The number of nitrogens with zero attached hydrogens (tertiary/aromatic N) is 3. The largest absolute Gasteiger partial charge is 0.497 e. The Morgan fingerprint density at radius 3 is 3.03 bits per heavy atom. The molecule has 0 aliphatic carbocycles. The molecule has 1 aromatic heterocycles. The molecule has 8 heteroatoms. The summed E-state index contributed by atoms with van der Waals surface area (Å²) in [5.74, 6) is 1.70. The maximum Gasteiger partial charge on any atom is 0.255 e. The zero-order chi connectivity index (χ0) is 20.2. The van der Waals surface area contributed by atoms with E-state index in [-0.39, 0.29) is 11.9 Å². The van der Waals surface area contributed by atoms with Crippen molar-refractivity contribution >= 4 is 11.9 Å². The number of fused-ring (bicyclic) bond motifs is 1. The molecular formula is C21H26N4O4. The molecule has 1 N–H and O–H groups in total. The smallest absolute Gasteiger partial charge is 0.255 e. The maximum atomic E-state index is 12.9. The number of nitrogens with one attached hydrogen (secondary N) is 1. The third-order valence-electron chi connectivity index (χ3n) is 5.37. The number of aromatic nitrogens is 2. The Morgan fingerprint density at radius 1 is 1.31 bits per heavy atom. The van der Waals surface area contributed by atoms with Gasteiger partial charge in [-0.15, -0.1) is 0 Å². The summed E-state index contributed by atoms with van der Waals surface area (Å²) in [4.78, 5) is 24.3. The molecule has 0 saturated carbocycles. The van der Waals surface area contributed by atoms with Gasteiger partial charge < -0.3 is 24.4 Å². The first-order valence-electron chi connectivity index (χ1n) is 9.88. The van der Waals surface area contributed by atoms with Gasteiger partial charge in [-0.3, -0.25) is 4.79 Å². The Kier molecular flexibility index (Phi) is 5.80. The van der Waals surface area contributed by atoms with Crippen molar-refractivity contribution in [1.82, 2.24) is 15.3 Å². The fourth-order valence-corrected chi connectivity index (χ4v) is 3.80. The molecule has 3 heterocycles. The molecule has 154 valence electrons. The summed E-state index contributed by atoms with van der Waals surface area (Å²) in [6.45, 7) is 2.83. The minimum Gasteiger partial charge on any atom is -0.497 e. The highest BCUT2D eigenvalue weighted by Gasteiger charge is 2.25. The second kappa shape index (κ2) is 8.65. The summed E-state index contributed by atoms with van der Waals surface area (Å²) in [7, 11) is 3.13. The lowest BCUT2D eigenvalue weighted by molar-refractivity contribution is 0.0929. The Morgan fingerprint density at radius 2 is 2.21 bits per heavy atom. The van der Waals surface area contributed by atoms with Gasteiger partial charge in [0.25, 0.3) is 5.91 Å². The van der Waals surface area contributed by atoms with Crippen LogP contribution in [0.5, 0.6) is 11.5 Å². The van der Waals surface area contributed by atoms with Gasteiger partial charge in [-0.1, -0.05) is 0 Å². The fourth-order valence-electron chi connectivity index (χ4n) is 3.80. The highest BCUT2D eigenvalue weighted by Crippen LogP contribution is 2.25. The van der Waals surface area contributed by atoms with Gasteiger partial charge in [0.05, 0.1) is 38.7 Å². The van der Waals surface area contributed by atoms with Crippen LogP contribution in [0.1, 0.15) is 34.5 Å². The van der Waals surface area contributed by atoms with Gasteiger partial charge in [0.1, 0.15) is 11.5 Å². The van der Waals surface area contributed by atoms with Crippen molar-refractivity contribution in [2.24, 2.45) is 0 Å². The lowest BCUT2D eigenvalue weighted by Gasteiger charge is -2.33. The van der Waals surface area contributed by atoms with Crippen molar-refractivity contribution in [3.63, 3.8) is 0 Å². The van der Waals surface area contributed by atoms with Crippen molar-refractivity contribution in [1.29, 1.82) is 0 Å². The molecule has 0 unspecified atom stereocenters. The Bertz CT molecular complexity index is 889. The monoisotopic (exact) mass is 398 g/mol. The molecule has 1 amide bonds. The molecule has 4 rings (SSSR count). The van der Waals surface area contributed by atoms with Gasteiger partial charge in [0, 0.05) is 37.3 Å². The van der Waals surface area contributed by atoms with Crippen LogP contribution in [0, 0.1) is 0 Å². The van der Waals surface area contributed by atoms with Crippen LogP contribution in [0.25, 0.3) is 0 Å². The normalized spacial score (nSPS) is 18.7. The van der Waals surface area contributed by atoms with Crippen LogP contribution in [0.2, 0.25) is 0 Å². The van der Waals surface area contributed by atoms with E-state index in [1.807, 2.05) is 6.20 Å². The van der Waals surface area contributed by atoms with E-state index in [0.29, 0.717) is 36.8 Å². The van der Waals surface area contributed by atoms with Crippen LogP contribution in [0.15, 0.2) is 24.4 Å². The number of hydrogen-bond donors (Lipinski definition) is 1. The van der Waals surface area contributed by atoms with E-state index >= 15 is 0 Å². The minimum atomic E-state index is -0.170. The lowest BCUT2D eigenvalue weighted by atomic mass is 10.0. The third-order valence-corrected chi connectivity index (χ3v) is 5.37. The zero-order valence-corrected chi connectivity index (χ0v) is 16.8. The predicted octanol–water partition coefficient (Wildman–Crippen LogP) is 1.97. The number of hydrogen-bond acceptors (Lipinski definition) is 7. The second-order valence-corrected chi connectivity index (χ2v) is 7.27. The fraction of sp³-hybridized carbons (Fsp3) is 0.476. The number of ether oxygens (including phenoxy) is 3. The highest BCUT2D eigenvalue weighted by atomic mass is 16.5. The standard InChI is InChI=1S/C21H26N4O4/c1-27-16-5-6-19(28-2)17(10-16)20(26)23-15-4-3-8-25(12-15)21-22-11-14-13-29-9-7-18(14)24-21/h5-6,10-11,15H,3-4,7-9,12-13H2,1-2H3,(H,23,26)/t15-/m1/s1. The maximum absolute atomic E-state index is 12.9. The Balaban J connectivity index is 1.46. The molecule has 2 aliphatic heterocycles. The first kappa shape index (κ1) is 19.4. The average molecular weight is 398 g/mol. The van der Waals surface area contributed by atoms with E-state index in [1.54, 1.807) is 32.4 Å². The number of anilines is 1. The van der Waals surface area contributed by atoms with Gasteiger partial charge in [-0.05, 0) is 31.0 Å². The van der Waals surface area contributed by atoms with Crippen LogP contribution in [0.4, 0.5) is 5.95 Å².